The first-order chi connectivity index (χ1) is 13.8. The van der Waals surface area contributed by atoms with Crippen LogP contribution in [-0.2, 0) is 0 Å². The summed E-state index contributed by atoms with van der Waals surface area (Å²) in [4.78, 5) is 15.3. The molecule has 0 atom stereocenters. The summed E-state index contributed by atoms with van der Waals surface area (Å²) in [5.74, 6) is 2.22. The minimum atomic E-state index is 0.319. The molecule has 5 rings (SSSR count). The number of rotatable bonds is 3. The van der Waals surface area contributed by atoms with E-state index in [1.807, 2.05) is 41.9 Å². The molecule has 0 N–H and O–H groups in total. The standard InChI is InChI=1S/C20H20N8/c1-14-19(23-10-9-22-14)27-11-6-15(7-12-27)20-25-24-18-5-4-17(26-28(18)20)16-3-2-8-21-13-16/h2-5,8-10,13,15H,6-7,11-12H2,1H3. The lowest BCUT2D eigenvalue weighted by atomic mass is 9.96. The first kappa shape index (κ1) is 16.7. The average molecular weight is 372 g/mol. The fourth-order valence-electron chi connectivity index (χ4n) is 3.79. The van der Waals surface area contributed by atoms with Crippen LogP contribution in [-0.4, -0.2) is 47.9 Å². The Bertz CT molecular complexity index is 1100. The topological polar surface area (TPSA) is 85.0 Å². The maximum absolute atomic E-state index is 4.79. The molecular formula is C20H20N8. The fraction of sp³-hybridized carbons (Fsp3) is 0.300. The van der Waals surface area contributed by atoms with E-state index in [9.17, 15) is 0 Å². The van der Waals surface area contributed by atoms with Crippen LogP contribution >= 0.6 is 0 Å². The minimum absolute atomic E-state index is 0.319. The molecule has 0 bridgehead atoms. The van der Waals surface area contributed by atoms with Crippen LogP contribution in [0.15, 0.2) is 49.1 Å². The van der Waals surface area contributed by atoms with Crippen LogP contribution in [0.25, 0.3) is 16.9 Å². The lowest BCUT2D eigenvalue weighted by molar-refractivity contribution is 0.474. The second-order valence-corrected chi connectivity index (χ2v) is 7.02. The lowest BCUT2D eigenvalue weighted by Crippen LogP contribution is -2.34. The zero-order chi connectivity index (χ0) is 18.9. The van der Waals surface area contributed by atoms with E-state index in [1.54, 1.807) is 18.6 Å². The molecule has 4 aromatic rings. The number of fused-ring (bicyclic) bond motifs is 1. The van der Waals surface area contributed by atoms with E-state index in [4.69, 9.17) is 5.10 Å². The molecule has 1 aliphatic heterocycles. The van der Waals surface area contributed by atoms with Crippen molar-refractivity contribution in [3.63, 3.8) is 0 Å². The molecule has 0 spiro atoms. The van der Waals surface area contributed by atoms with E-state index in [2.05, 4.69) is 30.0 Å². The van der Waals surface area contributed by atoms with Gasteiger partial charge < -0.3 is 4.90 Å². The van der Waals surface area contributed by atoms with Crippen molar-refractivity contribution >= 4 is 11.5 Å². The van der Waals surface area contributed by atoms with Gasteiger partial charge in [0, 0.05) is 49.4 Å². The predicted octanol–water partition coefficient (Wildman–Crippen LogP) is 2.67. The molecule has 1 aliphatic rings. The van der Waals surface area contributed by atoms with Crippen molar-refractivity contribution in [1.82, 2.24) is 34.8 Å². The summed E-state index contributed by atoms with van der Waals surface area (Å²) in [5.41, 5.74) is 3.60. The van der Waals surface area contributed by atoms with Crippen LogP contribution in [0.1, 0.15) is 30.3 Å². The van der Waals surface area contributed by atoms with Crippen molar-refractivity contribution < 1.29 is 0 Å². The Kier molecular flexibility index (Phi) is 4.16. The molecule has 5 heterocycles. The molecule has 0 aromatic carbocycles. The molecule has 0 unspecified atom stereocenters. The highest BCUT2D eigenvalue weighted by atomic mass is 15.4. The zero-order valence-electron chi connectivity index (χ0n) is 15.6. The number of aryl methyl sites for hydroxylation is 1. The maximum Gasteiger partial charge on any atom is 0.177 e. The quantitative estimate of drug-likeness (QED) is 0.546. The third kappa shape index (κ3) is 2.96. The summed E-state index contributed by atoms with van der Waals surface area (Å²) < 4.78 is 1.89. The van der Waals surface area contributed by atoms with Gasteiger partial charge in [-0.3, -0.25) is 9.97 Å². The largest absolute Gasteiger partial charge is 0.355 e. The molecule has 8 nitrogen and oxygen atoms in total. The van der Waals surface area contributed by atoms with Gasteiger partial charge in [-0.15, -0.1) is 10.2 Å². The molecule has 0 amide bonds. The van der Waals surface area contributed by atoms with E-state index in [0.29, 0.717) is 5.92 Å². The summed E-state index contributed by atoms with van der Waals surface area (Å²) in [6.07, 6.45) is 9.04. The normalized spacial score (nSPS) is 15.2. The van der Waals surface area contributed by atoms with Crippen LogP contribution in [0.2, 0.25) is 0 Å². The molecule has 4 aromatic heterocycles. The highest BCUT2D eigenvalue weighted by Crippen LogP contribution is 2.30. The number of hydrogen-bond acceptors (Lipinski definition) is 7. The SMILES string of the molecule is Cc1nccnc1N1CCC(c2nnc3ccc(-c4cccnc4)nn23)CC1. The number of hydrogen-bond donors (Lipinski definition) is 0. The highest BCUT2D eigenvalue weighted by molar-refractivity contribution is 5.58. The van der Waals surface area contributed by atoms with Crippen molar-refractivity contribution in [2.24, 2.45) is 0 Å². The molecule has 0 saturated carbocycles. The minimum Gasteiger partial charge on any atom is -0.355 e. The van der Waals surface area contributed by atoms with Gasteiger partial charge in [-0.25, -0.2) is 4.98 Å². The van der Waals surface area contributed by atoms with E-state index in [1.165, 1.54) is 0 Å². The lowest BCUT2D eigenvalue weighted by Gasteiger charge is -2.32. The van der Waals surface area contributed by atoms with Gasteiger partial charge in [-0.1, -0.05) is 0 Å². The molecular weight excluding hydrogens is 352 g/mol. The molecule has 1 saturated heterocycles. The van der Waals surface area contributed by atoms with Gasteiger partial charge in [0.25, 0.3) is 0 Å². The van der Waals surface area contributed by atoms with Gasteiger partial charge in [0.15, 0.2) is 11.5 Å². The van der Waals surface area contributed by atoms with Gasteiger partial charge in [0.05, 0.1) is 11.4 Å². The monoisotopic (exact) mass is 372 g/mol. The number of pyridine rings is 1. The number of anilines is 1. The van der Waals surface area contributed by atoms with Crippen LogP contribution in [0, 0.1) is 6.92 Å². The third-order valence-electron chi connectivity index (χ3n) is 5.26. The Labute approximate surface area is 162 Å². The number of aromatic nitrogens is 7. The smallest absolute Gasteiger partial charge is 0.177 e. The van der Waals surface area contributed by atoms with Crippen molar-refractivity contribution in [1.29, 1.82) is 0 Å². The summed E-state index contributed by atoms with van der Waals surface area (Å²) in [6.45, 7) is 3.84. The number of piperidine rings is 1. The Morgan fingerprint density at radius 3 is 2.61 bits per heavy atom. The van der Waals surface area contributed by atoms with Gasteiger partial charge >= 0.3 is 0 Å². The predicted molar refractivity (Wildman–Crippen MR) is 105 cm³/mol. The van der Waals surface area contributed by atoms with Crippen LogP contribution < -0.4 is 4.90 Å². The highest BCUT2D eigenvalue weighted by Gasteiger charge is 2.26. The van der Waals surface area contributed by atoms with Crippen LogP contribution in [0.4, 0.5) is 5.82 Å². The van der Waals surface area contributed by atoms with E-state index >= 15 is 0 Å². The first-order valence-electron chi connectivity index (χ1n) is 9.45. The summed E-state index contributed by atoms with van der Waals surface area (Å²) in [5, 5.41) is 13.6. The van der Waals surface area contributed by atoms with Crippen molar-refractivity contribution in [2.75, 3.05) is 18.0 Å². The van der Waals surface area contributed by atoms with Gasteiger partial charge in [0.2, 0.25) is 0 Å². The fourth-order valence-corrected chi connectivity index (χ4v) is 3.79. The van der Waals surface area contributed by atoms with Crippen molar-refractivity contribution in [2.45, 2.75) is 25.7 Å². The van der Waals surface area contributed by atoms with Crippen molar-refractivity contribution in [3.8, 4) is 11.3 Å². The maximum atomic E-state index is 4.79. The molecule has 8 heteroatoms. The Balaban J connectivity index is 1.40. The van der Waals surface area contributed by atoms with Crippen molar-refractivity contribution in [3.05, 3.63) is 60.6 Å². The van der Waals surface area contributed by atoms with E-state index < -0.39 is 0 Å². The zero-order valence-corrected chi connectivity index (χ0v) is 15.6. The van der Waals surface area contributed by atoms with Gasteiger partial charge in [0.1, 0.15) is 5.82 Å². The number of nitrogens with zero attached hydrogens (tertiary/aromatic N) is 8. The summed E-state index contributed by atoms with van der Waals surface area (Å²) in [6, 6.07) is 7.85. The molecule has 0 radical (unpaired) electrons. The van der Waals surface area contributed by atoms with Crippen LogP contribution in [0.5, 0.6) is 0 Å². The third-order valence-corrected chi connectivity index (χ3v) is 5.26. The Hall–Kier alpha value is -3.42. The van der Waals surface area contributed by atoms with Crippen LogP contribution in [0.3, 0.4) is 0 Å². The first-order valence-corrected chi connectivity index (χ1v) is 9.45. The second-order valence-electron chi connectivity index (χ2n) is 7.02. The van der Waals surface area contributed by atoms with Gasteiger partial charge in [-0.05, 0) is 44.0 Å². The van der Waals surface area contributed by atoms with E-state index in [-0.39, 0.29) is 0 Å². The van der Waals surface area contributed by atoms with E-state index in [0.717, 1.165) is 60.2 Å². The van der Waals surface area contributed by atoms with Gasteiger partial charge in [-0.2, -0.15) is 9.61 Å². The molecule has 1 fully saturated rings. The Morgan fingerprint density at radius 2 is 1.82 bits per heavy atom. The summed E-state index contributed by atoms with van der Waals surface area (Å²) in [7, 11) is 0. The average Bonchev–Trinajstić information content (AvgIpc) is 3.18. The Morgan fingerprint density at radius 1 is 0.964 bits per heavy atom. The second kappa shape index (κ2) is 6.95. The molecule has 0 aliphatic carbocycles. The molecule has 28 heavy (non-hydrogen) atoms. The molecule has 140 valence electrons. The summed E-state index contributed by atoms with van der Waals surface area (Å²) >= 11 is 0.